The van der Waals surface area contributed by atoms with E-state index in [9.17, 15) is 8.78 Å². The number of piperazine rings is 1. The van der Waals surface area contributed by atoms with Crippen LogP contribution in [-0.4, -0.2) is 79.5 Å². The minimum absolute atomic E-state index is 0.0935. The molecule has 0 amide bonds. The van der Waals surface area contributed by atoms with Crippen molar-refractivity contribution in [3.8, 4) is 16.6 Å². The Kier molecular flexibility index (Phi) is 6.61. The molecule has 9 nitrogen and oxygen atoms in total. The fourth-order valence-electron chi connectivity index (χ4n) is 3.94. The number of alkyl halides is 2. The van der Waals surface area contributed by atoms with Gasteiger partial charge in [-0.25, -0.2) is 28.7 Å². The summed E-state index contributed by atoms with van der Waals surface area (Å²) in [5.41, 5.74) is 1.69. The van der Waals surface area contributed by atoms with Gasteiger partial charge in [0.25, 0.3) is 5.92 Å². The molecular formula is C22H26F2N8OS. The van der Waals surface area contributed by atoms with Crippen molar-refractivity contribution >= 4 is 22.4 Å². The van der Waals surface area contributed by atoms with Gasteiger partial charge in [0.15, 0.2) is 5.13 Å². The highest BCUT2D eigenvalue weighted by Crippen LogP contribution is 2.39. The summed E-state index contributed by atoms with van der Waals surface area (Å²) < 4.78 is 31.5. The minimum atomic E-state index is -2.65. The van der Waals surface area contributed by atoms with Gasteiger partial charge in [0.05, 0.1) is 10.6 Å². The van der Waals surface area contributed by atoms with Gasteiger partial charge in [-0.3, -0.25) is 4.90 Å². The third-order valence-electron chi connectivity index (χ3n) is 5.96. The summed E-state index contributed by atoms with van der Waals surface area (Å²) in [6.07, 6.45) is 5.76. The number of likely N-dealkylation sites (N-methyl/N-ethyl adjacent to an activating group) is 1. The molecule has 1 aliphatic carbocycles. The van der Waals surface area contributed by atoms with Crippen molar-refractivity contribution in [2.24, 2.45) is 0 Å². The van der Waals surface area contributed by atoms with Crippen LogP contribution in [0.5, 0.6) is 6.01 Å². The maximum Gasteiger partial charge on any atom is 0.317 e. The number of nitrogens with one attached hydrogen (secondary N) is 1. The largest absolute Gasteiger partial charge is 0.460 e. The maximum absolute atomic E-state index is 13.0. The second kappa shape index (κ2) is 9.80. The summed E-state index contributed by atoms with van der Waals surface area (Å²) in [5.74, 6) is -2.18. The fraction of sp³-hybridized carbons (Fsp3) is 0.500. The highest BCUT2D eigenvalue weighted by Gasteiger charge is 2.47. The molecule has 1 N–H and O–H groups in total. The number of hydrogen-bond acceptors (Lipinski definition) is 10. The standard InChI is InChI=1S/C22H26F2N8OS/c1-2-31-5-7-32(8-6-31)14-15-11-26-19(27-12-15)30-21-28-13-18(34-21)17-3-4-25-20(29-17)33-16-9-22(23,24)10-16/h3-4,11-13,16H,2,5-10,14H2,1H3,(H,26,27,28,30). The van der Waals surface area contributed by atoms with Crippen LogP contribution in [0.15, 0.2) is 30.9 Å². The molecule has 12 heteroatoms. The molecular weight excluding hydrogens is 462 g/mol. The predicted octanol–water partition coefficient (Wildman–Crippen LogP) is 3.45. The third kappa shape index (κ3) is 5.62. The molecule has 180 valence electrons. The molecule has 0 spiro atoms. The van der Waals surface area contributed by atoms with Crippen LogP contribution in [0.4, 0.5) is 19.9 Å². The average Bonchev–Trinajstić information content (AvgIpc) is 3.28. The molecule has 2 fully saturated rings. The van der Waals surface area contributed by atoms with Crippen LogP contribution in [0.2, 0.25) is 0 Å². The molecule has 0 atom stereocenters. The summed E-state index contributed by atoms with van der Waals surface area (Å²) in [7, 11) is 0. The number of aromatic nitrogens is 5. The van der Waals surface area contributed by atoms with Crippen molar-refractivity contribution in [1.29, 1.82) is 0 Å². The van der Waals surface area contributed by atoms with Gasteiger partial charge in [0.1, 0.15) is 6.10 Å². The molecule has 4 heterocycles. The zero-order chi connectivity index (χ0) is 23.5. The lowest BCUT2D eigenvalue weighted by Gasteiger charge is -2.33. The Morgan fingerprint density at radius 2 is 1.79 bits per heavy atom. The Labute approximate surface area is 200 Å². The Bertz CT molecular complexity index is 1100. The molecule has 5 rings (SSSR count). The quantitative estimate of drug-likeness (QED) is 0.512. The van der Waals surface area contributed by atoms with Gasteiger partial charge in [-0.05, 0) is 12.6 Å². The Morgan fingerprint density at radius 1 is 1.06 bits per heavy atom. The van der Waals surface area contributed by atoms with Gasteiger partial charge >= 0.3 is 6.01 Å². The zero-order valence-electron chi connectivity index (χ0n) is 18.8. The van der Waals surface area contributed by atoms with E-state index in [-0.39, 0.29) is 18.9 Å². The fourth-order valence-corrected chi connectivity index (χ4v) is 4.72. The third-order valence-corrected chi connectivity index (χ3v) is 6.89. The van der Waals surface area contributed by atoms with Gasteiger partial charge in [0.2, 0.25) is 5.95 Å². The van der Waals surface area contributed by atoms with Crippen LogP contribution in [0.25, 0.3) is 10.6 Å². The number of thiazole rings is 1. The van der Waals surface area contributed by atoms with E-state index in [1.54, 1.807) is 18.5 Å². The van der Waals surface area contributed by atoms with Gasteiger partial charge < -0.3 is 15.0 Å². The molecule has 1 saturated heterocycles. The molecule has 34 heavy (non-hydrogen) atoms. The normalized spacial score (nSPS) is 19.0. The van der Waals surface area contributed by atoms with Crippen molar-refractivity contribution in [2.75, 3.05) is 38.0 Å². The summed E-state index contributed by atoms with van der Waals surface area (Å²) in [6, 6.07) is 1.82. The van der Waals surface area contributed by atoms with E-state index in [0.717, 1.165) is 49.7 Å². The lowest BCUT2D eigenvalue weighted by Crippen LogP contribution is -2.45. The van der Waals surface area contributed by atoms with E-state index < -0.39 is 12.0 Å². The summed E-state index contributed by atoms with van der Waals surface area (Å²) in [5, 5.41) is 3.74. The Morgan fingerprint density at radius 3 is 2.50 bits per heavy atom. The molecule has 3 aromatic rings. The molecule has 0 radical (unpaired) electrons. The van der Waals surface area contributed by atoms with E-state index in [0.29, 0.717) is 16.8 Å². The highest BCUT2D eigenvalue weighted by atomic mass is 32.1. The van der Waals surface area contributed by atoms with Crippen molar-refractivity contribution in [3.05, 3.63) is 36.4 Å². The van der Waals surface area contributed by atoms with E-state index in [4.69, 9.17) is 4.74 Å². The second-order valence-corrected chi connectivity index (χ2v) is 9.54. The number of halogens is 2. The highest BCUT2D eigenvalue weighted by molar-refractivity contribution is 7.18. The number of rotatable bonds is 8. The van der Waals surface area contributed by atoms with Crippen LogP contribution in [0.1, 0.15) is 25.3 Å². The van der Waals surface area contributed by atoms with Crippen molar-refractivity contribution < 1.29 is 13.5 Å². The molecule has 1 saturated carbocycles. The van der Waals surface area contributed by atoms with Crippen LogP contribution >= 0.6 is 11.3 Å². The molecule has 0 unspecified atom stereocenters. The maximum atomic E-state index is 13.0. The van der Waals surface area contributed by atoms with E-state index >= 15 is 0 Å². The topological polar surface area (TPSA) is 92.2 Å². The summed E-state index contributed by atoms with van der Waals surface area (Å²) in [6.45, 7) is 8.44. The van der Waals surface area contributed by atoms with Crippen LogP contribution in [-0.2, 0) is 6.54 Å². The second-order valence-electron chi connectivity index (χ2n) is 8.51. The lowest BCUT2D eigenvalue weighted by molar-refractivity contribution is -0.136. The first-order valence-electron chi connectivity index (χ1n) is 11.3. The van der Waals surface area contributed by atoms with Gasteiger partial charge in [0, 0.05) is 75.9 Å². The molecule has 0 aromatic carbocycles. The molecule has 2 aliphatic rings. The molecule has 3 aromatic heterocycles. The Hall–Kier alpha value is -2.83. The van der Waals surface area contributed by atoms with E-state index in [2.05, 4.69) is 47.0 Å². The van der Waals surface area contributed by atoms with E-state index in [1.165, 1.54) is 11.3 Å². The van der Waals surface area contributed by atoms with Crippen molar-refractivity contribution in [2.45, 2.75) is 38.3 Å². The van der Waals surface area contributed by atoms with Gasteiger partial charge in [-0.15, -0.1) is 0 Å². The lowest BCUT2D eigenvalue weighted by atomic mass is 9.91. The smallest absolute Gasteiger partial charge is 0.317 e. The van der Waals surface area contributed by atoms with E-state index in [1.807, 2.05) is 12.4 Å². The number of ether oxygens (including phenoxy) is 1. The first kappa shape index (κ1) is 22.9. The summed E-state index contributed by atoms with van der Waals surface area (Å²) >= 11 is 1.38. The average molecular weight is 489 g/mol. The Balaban J connectivity index is 1.16. The first-order valence-corrected chi connectivity index (χ1v) is 12.1. The van der Waals surface area contributed by atoms with Crippen LogP contribution in [0, 0.1) is 0 Å². The van der Waals surface area contributed by atoms with Crippen LogP contribution < -0.4 is 10.1 Å². The minimum Gasteiger partial charge on any atom is -0.460 e. The van der Waals surface area contributed by atoms with Crippen LogP contribution in [0.3, 0.4) is 0 Å². The van der Waals surface area contributed by atoms with Gasteiger partial charge in [-0.2, -0.15) is 4.98 Å². The van der Waals surface area contributed by atoms with Gasteiger partial charge in [-0.1, -0.05) is 18.3 Å². The first-order chi connectivity index (χ1) is 16.5. The van der Waals surface area contributed by atoms with Crippen molar-refractivity contribution in [3.63, 3.8) is 0 Å². The number of nitrogens with zero attached hydrogens (tertiary/aromatic N) is 7. The number of hydrogen-bond donors (Lipinski definition) is 1. The summed E-state index contributed by atoms with van der Waals surface area (Å²) in [4.78, 5) is 27.3. The SMILES string of the molecule is CCN1CCN(Cc2cnc(Nc3ncc(-c4ccnc(OC5CC(F)(F)C5)n4)s3)nc2)CC1. The number of anilines is 2. The zero-order valence-corrected chi connectivity index (χ0v) is 19.6. The van der Waals surface area contributed by atoms with Crippen molar-refractivity contribution in [1.82, 2.24) is 34.7 Å². The predicted molar refractivity (Wildman–Crippen MR) is 124 cm³/mol. The molecule has 0 bridgehead atoms. The monoisotopic (exact) mass is 488 g/mol. The molecule has 1 aliphatic heterocycles.